The molecule has 0 aromatic heterocycles. The molecular formula is C15H23NO2. The lowest BCUT2D eigenvalue weighted by Crippen LogP contribution is -2.31. The summed E-state index contributed by atoms with van der Waals surface area (Å²) in [5, 5.41) is 12.1. The van der Waals surface area contributed by atoms with Crippen molar-refractivity contribution in [2.24, 2.45) is 5.92 Å². The topological polar surface area (TPSA) is 49.3 Å². The first kappa shape index (κ1) is 14.6. The summed E-state index contributed by atoms with van der Waals surface area (Å²) in [4.78, 5) is 11.7. The smallest absolute Gasteiger partial charge is 0.223 e. The fourth-order valence-corrected chi connectivity index (χ4v) is 1.97. The maximum absolute atomic E-state index is 11.7. The van der Waals surface area contributed by atoms with Crippen LogP contribution < -0.4 is 5.32 Å². The lowest BCUT2D eigenvalue weighted by Gasteiger charge is -2.12. The molecule has 0 fully saturated rings. The van der Waals surface area contributed by atoms with Gasteiger partial charge in [0.1, 0.15) is 5.75 Å². The van der Waals surface area contributed by atoms with Crippen molar-refractivity contribution in [1.29, 1.82) is 0 Å². The van der Waals surface area contributed by atoms with E-state index in [9.17, 15) is 4.79 Å². The zero-order valence-corrected chi connectivity index (χ0v) is 11.3. The summed E-state index contributed by atoms with van der Waals surface area (Å²) in [6, 6.07) is 7.21. The molecule has 0 heterocycles. The number of carbonyl (C=O) groups is 1. The SMILES string of the molecule is CCC(CC)C(=O)NCCCc1ccc(O)cc1. The summed E-state index contributed by atoms with van der Waals surface area (Å²) in [5.41, 5.74) is 1.18. The van der Waals surface area contributed by atoms with Gasteiger partial charge in [-0.3, -0.25) is 4.79 Å². The van der Waals surface area contributed by atoms with E-state index in [-0.39, 0.29) is 11.8 Å². The molecule has 1 rings (SSSR count). The molecule has 0 saturated heterocycles. The second-order valence-electron chi connectivity index (χ2n) is 4.57. The molecule has 0 saturated carbocycles. The minimum absolute atomic E-state index is 0.152. The van der Waals surface area contributed by atoms with E-state index in [1.165, 1.54) is 5.56 Å². The van der Waals surface area contributed by atoms with E-state index in [0.29, 0.717) is 5.75 Å². The number of phenols is 1. The molecule has 0 aliphatic rings. The van der Waals surface area contributed by atoms with Gasteiger partial charge in [-0.2, -0.15) is 0 Å². The van der Waals surface area contributed by atoms with E-state index >= 15 is 0 Å². The summed E-state index contributed by atoms with van der Waals surface area (Å²) in [6.07, 6.45) is 3.65. The Labute approximate surface area is 109 Å². The quantitative estimate of drug-likeness (QED) is 0.730. The molecule has 0 radical (unpaired) electrons. The third-order valence-corrected chi connectivity index (χ3v) is 3.23. The maximum Gasteiger partial charge on any atom is 0.223 e. The van der Waals surface area contributed by atoms with Crippen molar-refractivity contribution in [3.8, 4) is 5.75 Å². The van der Waals surface area contributed by atoms with Gasteiger partial charge in [-0.1, -0.05) is 26.0 Å². The highest BCUT2D eigenvalue weighted by Crippen LogP contribution is 2.11. The first-order chi connectivity index (χ1) is 8.67. The number of amides is 1. The third-order valence-electron chi connectivity index (χ3n) is 3.23. The van der Waals surface area contributed by atoms with Crippen molar-refractivity contribution >= 4 is 5.91 Å². The van der Waals surface area contributed by atoms with Gasteiger partial charge in [0, 0.05) is 12.5 Å². The Morgan fingerprint density at radius 3 is 2.39 bits per heavy atom. The van der Waals surface area contributed by atoms with Gasteiger partial charge in [-0.25, -0.2) is 0 Å². The number of aromatic hydroxyl groups is 1. The Bertz CT molecular complexity index is 355. The molecule has 3 heteroatoms. The monoisotopic (exact) mass is 249 g/mol. The summed E-state index contributed by atoms with van der Waals surface area (Å²) < 4.78 is 0. The summed E-state index contributed by atoms with van der Waals surface area (Å²) in [7, 11) is 0. The molecule has 2 N–H and O–H groups in total. The van der Waals surface area contributed by atoms with Gasteiger partial charge in [0.05, 0.1) is 0 Å². The second-order valence-corrected chi connectivity index (χ2v) is 4.57. The highest BCUT2D eigenvalue weighted by Gasteiger charge is 2.12. The third kappa shape index (κ3) is 4.78. The van der Waals surface area contributed by atoms with Crippen LogP contribution in [-0.2, 0) is 11.2 Å². The molecule has 0 spiro atoms. The Morgan fingerprint density at radius 2 is 1.83 bits per heavy atom. The normalized spacial score (nSPS) is 10.6. The molecule has 3 nitrogen and oxygen atoms in total. The van der Waals surface area contributed by atoms with Gasteiger partial charge in [-0.15, -0.1) is 0 Å². The first-order valence-corrected chi connectivity index (χ1v) is 6.73. The molecule has 0 atom stereocenters. The van der Waals surface area contributed by atoms with Crippen LogP contribution in [0.5, 0.6) is 5.75 Å². The molecule has 1 aromatic carbocycles. The van der Waals surface area contributed by atoms with Gasteiger partial charge in [0.15, 0.2) is 0 Å². The largest absolute Gasteiger partial charge is 0.508 e. The number of rotatable bonds is 7. The van der Waals surface area contributed by atoms with E-state index in [2.05, 4.69) is 5.32 Å². The average molecular weight is 249 g/mol. The van der Waals surface area contributed by atoms with E-state index in [1.807, 2.05) is 26.0 Å². The number of aryl methyl sites for hydroxylation is 1. The zero-order chi connectivity index (χ0) is 13.4. The van der Waals surface area contributed by atoms with Crippen LogP contribution in [0.3, 0.4) is 0 Å². The Kier molecular flexibility index (Phi) is 6.26. The molecule has 0 aliphatic heterocycles. The van der Waals surface area contributed by atoms with Crippen LogP contribution >= 0.6 is 0 Å². The van der Waals surface area contributed by atoms with Crippen LogP contribution in [0.2, 0.25) is 0 Å². The van der Waals surface area contributed by atoms with Crippen molar-refractivity contribution in [2.45, 2.75) is 39.5 Å². The van der Waals surface area contributed by atoms with Crippen molar-refractivity contribution in [1.82, 2.24) is 5.32 Å². The molecular weight excluding hydrogens is 226 g/mol. The number of benzene rings is 1. The van der Waals surface area contributed by atoms with Crippen LogP contribution in [0.1, 0.15) is 38.7 Å². The van der Waals surface area contributed by atoms with E-state index in [4.69, 9.17) is 5.11 Å². The average Bonchev–Trinajstić information content (AvgIpc) is 2.38. The zero-order valence-electron chi connectivity index (χ0n) is 11.3. The van der Waals surface area contributed by atoms with Crippen LogP contribution in [0.4, 0.5) is 0 Å². The number of hydrogen-bond acceptors (Lipinski definition) is 2. The summed E-state index contributed by atoms with van der Waals surface area (Å²) >= 11 is 0. The standard InChI is InChI=1S/C15H23NO2/c1-3-13(4-2)15(18)16-11-5-6-12-7-9-14(17)10-8-12/h7-10,13,17H,3-6,11H2,1-2H3,(H,16,18). The van der Waals surface area contributed by atoms with Crippen molar-refractivity contribution < 1.29 is 9.90 Å². The van der Waals surface area contributed by atoms with Gasteiger partial charge < -0.3 is 10.4 Å². The predicted octanol–water partition coefficient (Wildman–Crippen LogP) is 2.88. The Balaban J connectivity index is 2.22. The number of hydrogen-bond donors (Lipinski definition) is 2. The Hall–Kier alpha value is -1.51. The lowest BCUT2D eigenvalue weighted by molar-refractivity contribution is -0.125. The highest BCUT2D eigenvalue weighted by molar-refractivity contribution is 5.78. The van der Waals surface area contributed by atoms with Crippen LogP contribution in [0.15, 0.2) is 24.3 Å². The van der Waals surface area contributed by atoms with Gasteiger partial charge in [0.2, 0.25) is 5.91 Å². The van der Waals surface area contributed by atoms with Gasteiger partial charge in [0.25, 0.3) is 0 Å². The van der Waals surface area contributed by atoms with Crippen molar-refractivity contribution in [3.63, 3.8) is 0 Å². The maximum atomic E-state index is 11.7. The first-order valence-electron chi connectivity index (χ1n) is 6.73. The lowest BCUT2D eigenvalue weighted by atomic mass is 10.0. The summed E-state index contributed by atoms with van der Waals surface area (Å²) in [6.45, 7) is 4.81. The number of carbonyl (C=O) groups excluding carboxylic acids is 1. The molecule has 100 valence electrons. The van der Waals surface area contributed by atoms with Gasteiger partial charge >= 0.3 is 0 Å². The summed E-state index contributed by atoms with van der Waals surface area (Å²) in [5.74, 6) is 0.616. The van der Waals surface area contributed by atoms with Crippen LogP contribution in [0.25, 0.3) is 0 Å². The minimum atomic E-state index is 0.152. The fourth-order valence-electron chi connectivity index (χ4n) is 1.97. The number of nitrogens with one attached hydrogen (secondary N) is 1. The van der Waals surface area contributed by atoms with Crippen molar-refractivity contribution in [3.05, 3.63) is 29.8 Å². The fraction of sp³-hybridized carbons (Fsp3) is 0.533. The van der Waals surface area contributed by atoms with Gasteiger partial charge in [-0.05, 0) is 43.4 Å². The molecule has 18 heavy (non-hydrogen) atoms. The number of phenolic OH excluding ortho intramolecular Hbond substituents is 1. The second kappa shape index (κ2) is 7.75. The van der Waals surface area contributed by atoms with Crippen LogP contribution in [0, 0.1) is 5.92 Å². The minimum Gasteiger partial charge on any atom is -0.508 e. The molecule has 0 unspecified atom stereocenters. The van der Waals surface area contributed by atoms with E-state index in [1.54, 1.807) is 12.1 Å². The molecule has 1 aromatic rings. The molecule has 0 aliphatic carbocycles. The predicted molar refractivity (Wildman–Crippen MR) is 73.5 cm³/mol. The van der Waals surface area contributed by atoms with E-state index < -0.39 is 0 Å². The molecule has 1 amide bonds. The van der Waals surface area contributed by atoms with E-state index in [0.717, 1.165) is 32.2 Å². The molecule has 0 bridgehead atoms. The Morgan fingerprint density at radius 1 is 1.22 bits per heavy atom. The van der Waals surface area contributed by atoms with Crippen molar-refractivity contribution in [2.75, 3.05) is 6.54 Å². The van der Waals surface area contributed by atoms with Crippen LogP contribution in [-0.4, -0.2) is 17.6 Å². The highest BCUT2D eigenvalue weighted by atomic mass is 16.3.